The number of carbonyl (C=O) groups is 1. The van der Waals surface area contributed by atoms with Gasteiger partial charge in [0.15, 0.2) is 0 Å². The number of pyridine rings is 1. The lowest BCUT2D eigenvalue weighted by atomic mass is 9.89. The summed E-state index contributed by atoms with van der Waals surface area (Å²) in [7, 11) is 1.64. The summed E-state index contributed by atoms with van der Waals surface area (Å²) in [6, 6.07) is 9.81. The summed E-state index contributed by atoms with van der Waals surface area (Å²) in [5, 5.41) is 4.16. The molecule has 1 aromatic carbocycles. The molecule has 1 amide bonds. The average Bonchev–Trinajstić information content (AvgIpc) is 3.37. The molecule has 7 heteroatoms. The Morgan fingerprint density at radius 1 is 1.13 bits per heavy atom. The average molecular weight is 404 g/mol. The topological polar surface area (TPSA) is 81.4 Å². The second kappa shape index (κ2) is 7.55. The molecule has 4 heterocycles. The van der Waals surface area contributed by atoms with E-state index in [0.717, 1.165) is 48.1 Å². The van der Waals surface area contributed by atoms with Gasteiger partial charge in [-0.1, -0.05) is 5.16 Å². The fourth-order valence-corrected chi connectivity index (χ4v) is 4.87. The molecule has 0 N–H and O–H groups in total. The van der Waals surface area contributed by atoms with Crippen molar-refractivity contribution in [2.24, 2.45) is 0 Å². The van der Waals surface area contributed by atoms with Gasteiger partial charge in [-0.2, -0.15) is 4.98 Å². The summed E-state index contributed by atoms with van der Waals surface area (Å²) in [5.74, 6) is 2.33. The van der Waals surface area contributed by atoms with Gasteiger partial charge in [-0.3, -0.25) is 9.78 Å². The van der Waals surface area contributed by atoms with Gasteiger partial charge in [-0.05, 0) is 68.5 Å². The van der Waals surface area contributed by atoms with E-state index in [0.29, 0.717) is 11.7 Å². The van der Waals surface area contributed by atoms with Crippen LogP contribution < -0.4 is 4.74 Å². The number of hydrogen-bond donors (Lipinski definition) is 0. The molecule has 0 radical (unpaired) electrons. The number of rotatable bonds is 4. The number of amides is 1. The molecule has 2 fully saturated rings. The standard InChI is InChI=1S/C23H24N4O3/c1-14-11-19(29-2)5-6-20(14)23(28)27-17-3-4-18(27)13-16(12-17)22-25-21(26-30-22)15-7-9-24-10-8-15/h5-11,16-18H,3-4,12-13H2,1-2H3/t16?,17-,18+. The van der Waals surface area contributed by atoms with Crippen molar-refractivity contribution >= 4 is 5.91 Å². The molecule has 30 heavy (non-hydrogen) atoms. The van der Waals surface area contributed by atoms with Crippen molar-refractivity contribution in [1.82, 2.24) is 20.0 Å². The first kappa shape index (κ1) is 18.8. The highest BCUT2D eigenvalue weighted by Crippen LogP contribution is 2.43. The minimum absolute atomic E-state index is 0.115. The molecule has 1 unspecified atom stereocenters. The van der Waals surface area contributed by atoms with Gasteiger partial charge in [0.25, 0.3) is 5.91 Å². The van der Waals surface area contributed by atoms with Crippen molar-refractivity contribution < 1.29 is 14.1 Å². The van der Waals surface area contributed by atoms with E-state index in [1.807, 2.05) is 37.3 Å². The first-order chi connectivity index (χ1) is 14.6. The van der Waals surface area contributed by atoms with Gasteiger partial charge in [0.05, 0.1) is 7.11 Å². The smallest absolute Gasteiger partial charge is 0.254 e. The maximum absolute atomic E-state index is 13.3. The van der Waals surface area contributed by atoms with Crippen LogP contribution in [0.1, 0.15) is 53.4 Å². The number of fused-ring (bicyclic) bond motifs is 2. The second-order valence-electron chi connectivity index (χ2n) is 8.14. The largest absolute Gasteiger partial charge is 0.497 e. The van der Waals surface area contributed by atoms with Gasteiger partial charge in [0.2, 0.25) is 11.7 Å². The van der Waals surface area contributed by atoms with E-state index < -0.39 is 0 Å². The maximum atomic E-state index is 13.3. The molecular weight excluding hydrogens is 380 g/mol. The number of benzene rings is 1. The maximum Gasteiger partial charge on any atom is 0.254 e. The van der Waals surface area contributed by atoms with Crippen LogP contribution in [0.2, 0.25) is 0 Å². The Bertz CT molecular complexity index is 1050. The summed E-state index contributed by atoms with van der Waals surface area (Å²) in [5.41, 5.74) is 2.59. The molecule has 5 rings (SSSR count). The zero-order valence-corrected chi connectivity index (χ0v) is 17.1. The van der Waals surface area contributed by atoms with Crippen molar-refractivity contribution in [3.8, 4) is 17.1 Å². The van der Waals surface area contributed by atoms with Crippen LogP contribution in [0, 0.1) is 6.92 Å². The Morgan fingerprint density at radius 3 is 2.53 bits per heavy atom. The first-order valence-electron chi connectivity index (χ1n) is 10.4. The quantitative estimate of drug-likeness (QED) is 0.654. The van der Waals surface area contributed by atoms with Gasteiger partial charge < -0.3 is 14.2 Å². The molecule has 2 aliphatic heterocycles. The van der Waals surface area contributed by atoms with Gasteiger partial charge in [-0.25, -0.2) is 0 Å². The Kier molecular flexibility index (Phi) is 4.73. The van der Waals surface area contributed by atoms with Crippen LogP contribution in [0.4, 0.5) is 0 Å². The van der Waals surface area contributed by atoms with E-state index in [4.69, 9.17) is 9.26 Å². The predicted molar refractivity (Wildman–Crippen MR) is 110 cm³/mol. The monoisotopic (exact) mass is 404 g/mol. The van der Waals surface area contributed by atoms with Crippen LogP contribution in [0.3, 0.4) is 0 Å². The lowest BCUT2D eigenvalue weighted by Gasteiger charge is -2.38. The van der Waals surface area contributed by atoms with Gasteiger partial charge in [-0.15, -0.1) is 0 Å². The van der Waals surface area contributed by atoms with E-state index in [-0.39, 0.29) is 23.9 Å². The lowest BCUT2D eigenvalue weighted by Crippen LogP contribution is -2.46. The number of ether oxygens (including phenoxy) is 1. The Morgan fingerprint density at radius 2 is 1.87 bits per heavy atom. The molecule has 0 saturated carbocycles. The van der Waals surface area contributed by atoms with Crippen LogP contribution >= 0.6 is 0 Å². The normalized spacial score (nSPS) is 22.9. The fourth-order valence-electron chi connectivity index (χ4n) is 4.87. The number of carbonyl (C=O) groups excluding carboxylic acids is 1. The van der Waals surface area contributed by atoms with Crippen LogP contribution in [0.15, 0.2) is 47.2 Å². The highest BCUT2D eigenvalue weighted by atomic mass is 16.5. The summed E-state index contributed by atoms with van der Waals surface area (Å²) in [6.07, 6.45) is 7.19. The molecule has 3 atom stereocenters. The third-order valence-electron chi connectivity index (χ3n) is 6.36. The SMILES string of the molecule is COc1ccc(C(=O)N2[C@@H]3CC[C@H]2CC(c2nc(-c4ccncc4)no2)C3)c(C)c1. The first-order valence-corrected chi connectivity index (χ1v) is 10.4. The Labute approximate surface area is 175 Å². The molecule has 2 aliphatic rings. The number of aryl methyl sites for hydroxylation is 1. The van der Waals surface area contributed by atoms with E-state index in [1.54, 1.807) is 19.5 Å². The molecule has 2 bridgehead atoms. The molecular formula is C23H24N4O3. The van der Waals surface area contributed by atoms with Crippen LogP contribution in [-0.4, -0.2) is 45.1 Å². The van der Waals surface area contributed by atoms with Gasteiger partial charge >= 0.3 is 0 Å². The number of aromatic nitrogens is 3. The molecule has 3 aromatic rings. The summed E-state index contributed by atoms with van der Waals surface area (Å²) in [6.45, 7) is 1.96. The molecule has 0 aliphatic carbocycles. The summed E-state index contributed by atoms with van der Waals surface area (Å²) >= 11 is 0. The summed E-state index contributed by atoms with van der Waals surface area (Å²) in [4.78, 5) is 24.1. The Balaban J connectivity index is 1.34. The molecule has 0 spiro atoms. The highest BCUT2D eigenvalue weighted by Gasteiger charge is 2.45. The fraction of sp³-hybridized carbons (Fsp3) is 0.391. The zero-order chi connectivity index (χ0) is 20.7. The van der Waals surface area contributed by atoms with Crippen LogP contribution in [0.5, 0.6) is 5.75 Å². The highest BCUT2D eigenvalue weighted by molar-refractivity contribution is 5.96. The van der Waals surface area contributed by atoms with Crippen LogP contribution in [-0.2, 0) is 0 Å². The predicted octanol–water partition coefficient (Wildman–Crippen LogP) is 4.00. The molecule has 7 nitrogen and oxygen atoms in total. The van der Waals surface area contributed by atoms with E-state index in [9.17, 15) is 4.79 Å². The number of nitrogens with zero attached hydrogens (tertiary/aromatic N) is 4. The third kappa shape index (κ3) is 3.24. The second-order valence-corrected chi connectivity index (χ2v) is 8.14. The van der Waals surface area contributed by atoms with Gasteiger partial charge in [0.1, 0.15) is 5.75 Å². The minimum Gasteiger partial charge on any atom is -0.497 e. The zero-order valence-electron chi connectivity index (χ0n) is 17.1. The van der Waals surface area contributed by atoms with Crippen molar-refractivity contribution in [3.05, 3.63) is 59.7 Å². The van der Waals surface area contributed by atoms with Gasteiger partial charge in [0, 0.05) is 41.5 Å². The van der Waals surface area contributed by atoms with Crippen molar-refractivity contribution in [2.75, 3.05) is 7.11 Å². The van der Waals surface area contributed by atoms with Crippen molar-refractivity contribution in [1.29, 1.82) is 0 Å². The van der Waals surface area contributed by atoms with Crippen molar-refractivity contribution in [2.45, 2.75) is 50.6 Å². The Hall–Kier alpha value is -3.22. The number of hydrogen-bond acceptors (Lipinski definition) is 6. The molecule has 154 valence electrons. The minimum atomic E-state index is 0.115. The molecule has 2 saturated heterocycles. The van der Waals surface area contributed by atoms with E-state index in [1.165, 1.54) is 0 Å². The van der Waals surface area contributed by atoms with Crippen LogP contribution in [0.25, 0.3) is 11.4 Å². The lowest BCUT2D eigenvalue weighted by molar-refractivity contribution is 0.0554. The van der Waals surface area contributed by atoms with E-state index >= 15 is 0 Å². The molecule has 2 aromatic heterocycles. The van der Waals surface area contributed by atoms with E-state index in [2.05, 4.69) is 20.0 Å². The van der Waals surface area contributed by atoms with Crippen molar-refractivity contribution in [3.63, 3.8) is 0 Å². The number of piperidine rings is 1. The third-order valence-corrected chi connectivity index (χ3v) is 6.36. The summed E-state index contributed by atoms with van der Waals surface area (Å²) < 4.78 is 10.9. The number of methoxy groups -OCH3 is 1.